The lowest BCUT2D eigenvalue weighted by molar-refractivity contribution is -0.302. The number of Topliss-reactive ketones (excluding diaryl/α,β-unsaturated/α-hetero) is 1. The van der Waals surface area contributed by atoms with Crippen molar-refractivity contribution in [3.63, 3.8) is 0 Å². The van der Waals surface area contributed by atoms with E-state index in [2.05, 4.69) is 5.32 Å². The molecule has 19 N–H and O–H groups in total. The number of nitrogens with one attached hydrogen (secondary N) is 1. The van der Waals surface area contributed by atoms with Crippen LogP contribution >= 0.6 is 0 Å². The lowest BCUT2D eigenvalue weighted by Gasteiger charge is -2.39. The van der Waals surface area contributed by atoms with Crippen molar-refractivity contribution in [2.75, 3.05) is 6.54 Å². The molecule has 22 nitrogen and oxygen atoms in total. The maximum atomic E-state index is 11.8. The van der Waals surface area contributed by atoms with E-state index in [1.54, 1.807) is 56.4 Å². The third kappa shape index (κ3) is 40.6. The van der Waals surface area contributed by atoms with E-state index in [9.17, 15) is 91.3 Å². The maximum absolute atomic E-state index is 11.8. The van der Waals surface area contributed by atoms with Crippen LogP contribution in [0.4, 0.5) is 0 Å². The van der Waals surface area contributed by atoms with Crippen molar-refractivity contribution in [3.8, 4) is 0 Å². The van der Waals surface area contributed by atoms with E-state index < -0.39 is 110 Å². The smallest absolute Gasteiger partial charge is 0.248 e. The van der Waals surface area contributed by atoms with Gasteiger partial charge in [-0.2, -0.15) is 0 Å². The Morgan fingerprint density at radius 2 is 0.989 bits per heavy atom. The second-order valence-corrected chi connectivity index (χ2v) is 24.1. The highest BCUT2D eigenvalue weighted by Gasteiger charge is 2.43. The Hall–Kier alpha value is -5.42. The van der Waals surface area contributed by atoms with E-state index in [0.29, 0.717) is 19.4 Å². The topological polar surface area (TPSA) is 414 Å². The number of hydrogen-bond acceptors (Lipinski definition) is 21. The summed E-state index contributed by atoms with van der Waals surface area (Å²) < 4.78 is 11.1. The van der Waals surface area contributed by atoms with Crippen molar-refractivity contribution in [3.05, 3.63) is 169 Å². The first-order valence-electron chi connectivity index (χ1n) is 32.2. The molecule has 1 amide bonds. The van der Waals surface area contributed by atoms with E-state index in [1.165, 1.54) is 30.4 Å². The molecule has 2 aliphatic rings. The van der Waals surface area contributed by atoms with Crippen LogP contribution in [0.1, 0.15) is 125 Å². The highest BCUT2D eigenvalue weighted by molar-refractivity contribution is 6.03. The Morgan fingerprint density at radius 1 is 0.538 bits per heavy atom. The van der Waals surface area contributed by atoms with Gasteiger partial charge in [-0.25, -0.2) is 0 Å². The minimum absolute atomic E-state index is 0.00730. The molecule has 93 heavy (non-hydrogen) atoms. The third-order valence-corrected chi connectivity index (χ3v) is 15.1. The van der Waals surface area contributed by atoms with Gasteiger partial charge in [-0.3, -0.25) is 9.59 Å². The van der Waals surface area contributed by atoms with Crippen molar-refractivity contribution >= 4 is 11.7 Å². The van der Waals surface area contributed by atoms with E-state index >= 15 is 0 Å². The number of amides is 1. The van der Waals surface area contributed by atoms with Crippen LogP contribution in [-0.4, -0.2) is 210 Å². The number of hydrogen-bond donors (Lipinski definition) is 18. The lowest BCUT2D eigenvalue weighted by Crippen LogP contribution is -2.57. The van der Waals surface area contributed by atoms with Crippen LogP contribution in [0.25, 0.3) is 0 Å². The summed E-state index contributed by atoms with van der Waals surface area (Å²) in [6.45, 7) is 11.1. The Bertz CT molecular complexity index is 2500. The first-order chi connectivity index (χ1) is 44.1. The Labute approximate surface area is 550 Å². The Morgan fingerprint density at radius 3 is 1.48 bits per heavy atom. The highest BCUT2D eigenvalue weighted by Crippen LogP contribution is 2.24. The van der Waals surface area contributed by atoms with Crippen LogP contribution in [0.2, 0.25) is 0 Å². The Kier molecular flexibility index (Phi) is 46.0. The van der Waals surface area contributed by atoms with Crippen LogP contribution in [0.15, 0.2) is 169 Å². The molecule has 0 aromatic heterocycles. The maximum Gasteiger partial charge on any atom is 0.248 e. The quantitative estimate of drug-likeness (QED) is 0.0231. The van der Waals surface area contributed by atoms with Crippen molar-refractivity contribution < 1.29 is 101 Å². The average Bonchev–Trinajstić information content (AvgIpc) is 1.34. The molecule has 0 aromatic rings. The minimum atomic E-state index is -1.32. The predicted molar refractivity (Wildman–Crippen MR) is 359 cm³/mol. The summed E-state index contributed by atoms with van der Waals surface area (Å²) in [5.74, 6) is -1.42. The molecule has 1 heterocycles. The number of nitrogens with two attached hydrogens (primary N) is 1. The van der Waals surface area contributed by atoms with E-state index in [1.807, 2.05) is 113 Å². The zero-order valence-electron chi connectivity index (χ0n) is 54.9. The molecule has 22 heteroatoms. The van der Waals surface area contributed by atoms with Gasteiger partial charge in [0.15, 0.2) is 12.1 Å². The molecule has 1 saturated heterocycles. The zero-order valence-corrected chi connectivity index (χ0v) is 54.9. The molecule has 0 spiro atoms. The van der Waals surface area contributed by atoms with E-state index in [0.717, 1.165) is 0 Å². The summed E-state index contributed by atoms with van der Waals surface area (Å²) in [4.78, 5) is 23.4. The molecule has 1 aliphatic carbocycles. The van der Waals surface area contributed by atoms with Gasteiger partial charge < -0.3 is 102 Å². The van der Waals surface area contributed by atoms with E-state index in [-0.39, 0.29) is 112 Å². The molecule has 2 rings (SSSR count). The van der Waals surface area contributed by atoms with Gasteiger partial charge in [-0.05, 0) is 84.1 Å². The van der Waals surface area contributed by atoms with Gasteiger partial charge in [0.05, 0.1) is 85.5 Å². The molecule has 0 aromatic carbocycles. The molecule has 20 unspecified atom stereocenters. The SMILES string of the molecule is CC(C)C(O)CC(O)CC(O)CC(O)/C=C/CC(O)CC(O)CC(O)CC(O)/C=C/CC(O)CC(O)CCN.CC(C/C=C/C=C/C=C/C=C/C=C/C(O)C(C)C(O)C(C)/C=C/C=C/C=C/C=C/C=C/C=C/C(=O)NC1=C(O)CCC1=O)OC1OC(C)C(O)C(O)C1O. The standard InChI is InChI=1S/C43H57NO10.C28H55NO10/c1-30(24-20-16-12-8-5-6-11-15-19-23-27-37(48)44-38-35(46)28-29-36(38)47)39(49)32(3)34(45)26-22-18-14-10-7-9-13-17-21-25-31(2)53-43-42(52)41(51)40(50)33(4)54-43;1-18(2)28(39)17-27(38)16-26(37)14-22(33)8-4-7-21(32)13-25(36)15-24(35)12-20(31)6-3-5-19(30)11-23(34)9-10-29/h5-24,26-27,30-34,39-43,45-46,49-52H,25,28-29H2,1-4H3,(H,44,48);3-4,6,8,18-28,30-39H,5,7,9-17,29H2,1-2H3/b8-5+,10-7+,11-6+,13-9+,16-12+,18-14+,19-15+,21-17+,24-20+,26-22+,27-23+;6-3+,8-4+. The average molecular weight is 1310 g/mol. The molecule has 20 atom stereocenters. The summed E-state index contributed by atoms with van der Waals surface area (Å²) in [5.41, 5.74) is 5.33. The number of aliphatic hydroxyl groups excluding tert-OH is 16. The Balaban J connectivity index is 0.000000983. The number of ether oxygens (including phenoxy) is 2. The minimum Gasteiger partial charge on any atom is -0.510 e. The largest absolute Gasteiger partial charge is 0.510 e. The first-order valence-corrected chi connectivity index (χ1v) is 32.2. The third-order valence-electron chi connectivity index (χ3n) is 15.1. The molecule has 1 fully saturated rings. The number of carbonyl (C=O) groups excluding carboxylic acids is 2. The van der Waals surface area contributed by atoms with Crippen LogP contribution in [-0.2, 0) is 19.1 Å². The number of aliphatic hydroxyl groups is 16. The second-order valence-electron chi connectivity index (χ2n) is 24.1. The van der Waals surface area contributed by atoms with Crippen LogP contribution in [0.5, 0.6) is 0 Å². The van der Waals surface area contributed by atoms with Gasteiger partial charge in [0, 0.05) is 43.6 Å². The van der Waals surface area contributed by atoms with Crippen LogP contribution < -0.4 is 11.1 Å². The fourth-order valence-electron chi connectivity index (χ4n) is 9.33. The van der Waals surface area contributed by atoms with E-state index in [4.69, 9.17) is 15.2 Å². The monoisotopic (exact) mass is 1310 g/mol. The molecule has 0 bridgehead atoms. The first kappa shape index (κ1) is 85.6. The van der Waals surface area contributed by atoms with Crippen molar-refractivity contribution in [2.45, 2.75) is 235 Å². The normalized spacial score (nSPS) is 23.9. The number of carbonyl (C=O) groups is 2. The number of rotatable bonds is 43. The summed E-state index contributed by atoms with van der Waals surface area (Å²) >= 11 is 0. The zero-order chi connectivity index (χ0) is 69.8. The molecular formula is C71H112N2O20. The second kappa shape index (κ2) is 50.0. The number of ketones is 1. The molecular weight excluding hydrogens is 1200 g/mol. The predicted octanol–water partition coefficient (Wildman–Crippen LogP) is 4.19. The van der Waals surface area contributed by atoms with Crippen molar-refractivity contribution in [1.82, 2.24) is 5.32 Å². The summed E-state index contributed by atoms with van der Waals surface area (Å²) in [5, 5.41) is 163. The van der Waals surface area contributed by atoms with Gasteiger partial charge in [0.25, 0.3) is 0 Å². The summed E-state index contributed by atoms with van der Waals surface area (Å²) in [6.07, 6.45) is 30.8. The molecule has 0 radical (unpaired) electrons. The van der Waals surface area contributed by atoms with Gasteiger partial charge in [-0.1, -0.05) is 180 Å². The van der Waals surface area contributed by atoms with Crippen molar-refractivity contribution in [2.24, 2.45) is 23.5 Å². The fraction of sp³-hybridized carbons (Fsp3) is 0.577. The summed E-state index contributed by atoms with van der Waals surface area (Å²) in [6, 6.07) is 0. The number of allylic oxidation sites excluding steroid dienone is 20. The lowest BCUT2D eigenvalue weighted by atomic mass is 9.89. The molecule has 0 saturated carbocycles. The molecule has 526 valence electrons. The fourth-order valence-corrected chi connectivity index (χ4v) is 9.33. The highest BCUT2D eigenvalue weighted by atomic mass is 16.7. The molecule has 1 aliphatic heterocycles. The van der Waals surface area contributed by atoms with Gasteiger partial charge in [-0.15, -0.1) is 0 Å². The van der Waals surface area contributed by atoms with Crippen LogP contribution in [0.3, 0.4) is 0 Å². The van der Waals surface area contributed by atoms with Gasteiger partial charge >= 0.3 is 0 Å². The van der Waals surface area contributed by atoms with Gasteiger partial charge in [0.2, 0.25) is 5.91 Å². The summed E-state index contributed by atoms with van der Waals surface area (Å²) in [7, 11) is 0. The van der Waals surface area contributed by atoms with Gasteiger partial charge in [0.1, 0.15) is 29.8 Å². The van der Waals surface area contributed by atoms with Crippen LogP contribution in [0, 0.1) is 17.8 Å². The van der Waals surface area contributed by atoms with Crippen molar-refractivity contribution in [1.29, 1.82) is 0 Å².